The third-order valence-electron chi connectivity index (χ3n) is 11.7. The van der Waals surface area contributed by atoms with E-state index in [-0.39, 0.29) is 39.4 Å². The fourth-order valence-electron chi connectivity index (χ4n) is 7.79. The SMILES string of the molecule is [2H]c1nc(-c2cc(-c3cccc4c3nc(-c3cc(C)cc(C(C)(C)C)c3O)n4-c3ccc(C(C)(C)CC)cc3-c3ccccc3)cc(C(C)(C)C)c2)c([2H])c(-c2c([2H])c([2H])c([2H])c([2H])c2[2H])c1[2H]. The molecule has 8 rings (SSSR count). The largest absolute Gasteiger partial charge is 0.507 e. The zero-order valence-electron chi connectivity index (χ0n) is 44.2. The molecule has 302 valence electrons. The van der Waals surface area contributed by atoms with Crippen molar-refractivity contribution in [2.45, 2.75) is 91.9 Å². The number of hydrogen-bond donors (Lipinski definition) is 1. The molecule has 0 spiro atoms. The summed E-state index contributed by atoms with van der Waals surface area (Å²) in [6.07, 6.45) is 0.440. The van der Waals surface area contributed by atoms with Gasteiger partial charge in [0, 0.05) is 28.4 Å². The van der Waals surface area contributed by atoms with Crippen molar-refractivity contribution < 1.29 is 16.1 Å². The normalized spacial score (nSPS) is 14.2. The van der Waals surface area contributed by atoms with Gasteiger partial charge in [-0.05, 0) is 117 Å². The fraction of sp³-hybridized carbons (Fsp3) is 0.250. The number of rotatable bonds is 8. The minimum atomic E-state index is -0.598. The number of hydrogen-bond acceptors (Lipinski definition) is 3. The first-order valence-corrected chi connectivity index (χ1v) is 20.6. The molecule has 8 aromatic rings. The monoisotopic (exact) mass is 796 g/mol. The van der Waals surface area contributed by atoms with Crippen LogP contribution in [-0.4, -0.2) is 19.6 Å². The minimum absolute atomic E-state index is 0.0283. The van der Waals surface area contributed by atoms with Gasteiger partial charge in [-0.3, -0.25) is 9.55 Å². The van der Waals surface area contributed by atoms with Gasteiger partial charge in [0.2, 0.25) is 0 Å². The van der Waals surface area contributed by atoms with E-state index in [1.807, 2.05) is 67.6 Å². The highest BCUT2D eigenvalue weighted by atomic mass is 16.3. The van der Waals surface area contributed by atoms with Crippen molar-refractivity contribution in [1.82, 2.24) is 14.5 Å². The van der Waals surface area contributed by atoms with Gasteiger partial charge in [0.25, 0.3) is 0 Å². The third-order valence-corrected chi connectivity index (χ3v) is 11.7. The molecule has 4 nitrogen and oxygen atoms in total. The first-order chi connectivity index (χ1) is 31.8. The summed E-state index contributed by atoms with van der Waals surface area (Å²) in [4.78, 5) is 9.99. The van der Waals surface area contributed by atoms with E-state index in [0.29, 0.717) is 22.5 Å². The molecule has 2 aromatic heterocycles. The topological polar surface area (TPSA) is 50.9 Å². The van der Waals surface area contributed by atoms with Crippen LogP contribution >= 0.6 is 0 Å². The van der Waals surface area contributed by atoms with Crippen molar-refractivity contribution in [1.29, 1.82) is 0 Å². The summed E-state index contributed by atoms with van der Waals surface area (Å²) in [6, 6.07) is 29.0. The summed E-state index contributed by atoms with van der Waals surface area (Å²) in [5, 5.41) is 12.3. The van der Waals surface area contributed by atoms with Gasteiger partial charge in [0.15, 0.2) is 0 Å². The van der Waals surface area contributed by atoms with Crippen molar-refractivity contribution in [2.24, 2.45) is 0 Å². The second-order valence-electron chi connectivity index (χ2n) is 18.5. The molecule has 0 aliphatic rings. The number of phenols is 1. The molecule has 0 aliphatic carbocycles. The summed E-state index contributed by atoms with van der Waals surface area (Å²) < 4.78 is 71.7. The smallest absolute Gasteiger partial charge is 0.149 e. The van der Waals surface area contributed by atoms with Crippen LogP contribution in [0.5, 0.6) is 5.75 Å². The van der Waals surface area contributed by atoms with Gasteiger partial charge in [-0.2, -0.15) is 0 Å². The van der Waals surface area contributed by atoms with Crippen LogP contribution in [0.15, 0.2) is 146 Å². The number of imidazole rings is 1. The van der Waals surface area contributed by atoms with E-state index in [0.717, 1.165) is 56.6 Å². The number of aromatic hydroxyl groups is 1. The molecule has 1 N–H and O–H groups in total. The Morgan fingerprint density at radius 3 is 2.07 bits per heavy atom. The number of aromatic nitrogens is 3. The molecule has 0 amide bonds. The van der Waals surface area contributed by atoms with E-state index < -0.39 is 47.8 Å². The molecular weight excluding hydrogens is 731 g/mol. The summed E-state index contributed by atoms with van der Waals surface area (Å²) in [7, 11) is 0. The quantitative estimate of drug-likeness (QED) is 0.167. The van der Waals surface area contributed by atoms with Gasteiger partial charge >= 0.3 is 0 Å². The summed E-state index contributed by atoms with van der Waals surface area (Å²) >= 11 is 0. The van der Waals surface area contributed by atoms with E-state index in [9.17, 15) is 6.48 Å². The van der Waals surface area contributed by atoms with E-state index >= 15 is 0 Å². The lowest BCUT2D eigenvalue weighted by molar-refractivity contribution is 0.448. The maximum atomic E-state index is 12.3. The Labute approximate surface area is 367 Å². The molecule has 0 atom stereocenters. The second kappa shape index (κ2) is 15.4. The number of phenolic OH excluding ortho intramolecular Hbond substituents is 1. The molecule has 0 fully saturated rings. The highest BCUT2D eigenvalue weighted by Gasteiger charge is 2.28. The van der Waals surface area contributed by atoms with Gasteiger partial charge in [-0.15, -0.1) is 0 Å². The molecule has 0 radical (unpaired) electrons. The Hall–Kier alpha value is -6.26. The van der Waals surface area contributed by atoms with Gasteiger partial charge < -0.3 is 5.11 Å². The molecule has 0 saturated carbocycles. The first-order valence-electron chi connectivity index (χ1n) is 24.6. The summed E-state index contributed by atoms with van der Waals surface area (Å²) in [5.41, 5.74) is 9.22. The number of pyridine rings is 1. The van der Waals surface area contributed by atoms with Crippen LogP contribution in [0.3, 0.4) is 0 Å². The molecule has 0 unspecified atom stereocenters. The highest BCUT2D eigenvalue weighted by Crippen LogP contribution is 2.45. The van der Waals surface area contributed by atoms with Gasteiger partial charge in [-0.25, -0.2) is 4.98 Å². The Morgan fingerprint density at radius 1 is 0.633 bits per heavy atom. The minimum Gasteiger partial charge on any atom is -0.507 e. The number of fused-ring (bicyclic) bond motifs is 1. The lowest BCUT2D eigenvalue weighted by Crippen LogP contribution is -2.16. The van der Waals surface area contributed by atoms with Crippen molar-refractivity contribution in [3.8, 4) is 67.5 Å². The maximum Gasteiger partial charge on any atom is 0.149 e. The van der Waals surface area contributed by atoms with E-state index in [1.165, 1.54) is 5.56 Å². The number of para-hydroxylation sites is 1. The molecule has 6 aromatic carbocycles. The number of aryl methyl sites for hydroxylation is 1. The zero-order chi connectivity index (χ0) is 49.5. The Kier molecular flexibility index (Phi) is 8.12. The number of nitrogens with zero attached hydrogens (tertiary/aromatic N) is 3. The summed E-state index contributed by atoms with van der Waals surface area (Å²) in [5.74, 6) is 0.700. The standard InChI is InChI=1S/C56H57N3O/c1-11-56(9,10)42-25-26-49(45(35-42)38-21-16-13-17-22-38)59-50-24-18-23-44(51(50)58-53(59)46-29-36(2)30-47(52(46)60)55(6,7)8)40-31-41(33-43(32-40)54(3,4)5)48-34-39(27-28-57-48)37-19-14-12-15-20-37/h12-35,60H,11H2,1-10H3/i12D,14D,15D,19D,20D,27D,28D,34D. The highest BCUT2D eigenvalue weighted by molar-refractivity contribution is 5.98. The van der Waals surface area contributed by atoms with Crippen LogP contribution < -0.4 is 0 Å². The average molecular weight is 796 g/mol. The van der Waals surface area contributed by atoms with E-state index in [2.05, 4.69) is 108 Å². The Morgan fingerprint density at radius 2 is 1.37 bits per heavy atom. The Bertz CT molecular complexity index is 3300. The van der Waals surface area contributed by atoms with Crippen molar-refractivity contribution in [3.63, 3.8) is 0 Å². The van der Waals surface area contributed by atoms with Crippen molar-refractivity contribution >= 4 is 11.0 Å². The lowest BCUT2D eigenvalue weighted by atomic mass is 9.81. The third kappa shape index (κ3) is 7.68. The fourth-order valence-corrected chi connectivity index (χ4v) is 7.79. The predicted octanol–water partition coefficient (Wildman–Crippen LogP) is 15.1. The first kappa shape index (κ1) is 31.6. The molecule has 0 aliphatic heterocycles. The molecule has 2 heterocycles. The zero-order valence-corrected chi connectivity index (χ0v) is 36.2. The molecule has 0 bridgehead atoms. The summed E-state index contributed by atoms with van der Waals surface area (Å²) in [6.45, 7) is 21.2. The van der Waals surface area contributed by atoms with Crippen LogP contribution in [-0.2, 0) is 16.2 Å². The predicted molar refractivity (Wildman–Crippen MR) is 253 cm³/mol. The molecular formula is C56H57N3O. The van der Waals surface area contributed by atoms with Crippen LogP contribution in [0.4, 0.5) is 0 Å². The second-order valence-corrected chi connectivity index (χ2v) is 18.5. The van der Waals surface area contributed by atoms with Crippen LogP contribution in [0, 0.1) is 6.92 Å². The van der Waals surface area contributed by atoms with Crippen molar-refractivity contribution in [3.05, 3.63) is 168 Å². The molecule has 4 heteroatoms. The lowest BCUT2D eigenvalue weighted by Gasteiger charge is -2.26. The van der Waals surface area contributed by atoms with Crippen LogP contribution in [0.25, 0.3) is 72.7 Å². The Balaban J connectivity index is 1.47. The van der Waals surface area contributed by atoms with Gasteiger partial charge in [-0.1, -0.05) is 153 Å². The molecule has 60 heavy (non-hydrogen) atoms. The van der Waals surface area contributed by atoms with Crippen molar-refractivity contribution in [2.75, 3.05) is 0 Å². The number of benzene rings is 6. The van der Waals surface area contributed by atoms with Crippen LogP contribution in [0.1, 0.15) is 102 Å². The van der Waals surface area contributed by atoms with E-state index in [1.54, 1.807) is 0 Å². The van der Waals surface area contributed by atoms with Gasteiger partial charge in [0.05, 0.1) is 38.9 Å². The van der Waals surface area contributed by atoms with Gasteiger partial charge in [0.1, 0.15) is 11.6 Å². The maximum absolute atomic E-state index is 12.3. The molecule has 0 saturated heterocycles. The van der Waals surface area contributed by atoms with Crippen LogP contribution in [0.2, 0.25) is 0 Å². The van der Waals surface area contributed by atoms with E-state index in [4.69, 9.17) is 14.6 Å². The average Bonchev–Trinajstić information content (AvgIpc) is 3.69.